The van der Waals surface area contributed by atoms with E-state index in [1.165, 1.54) is 19.3 Å². The Morgan fingerprint density at radius 3 is 1.74 bits per heavy atom. The van der Waals surface area contributed by atoms with Gasteiger partial charge < -0.3 is 0 Å². The van der Waals surface area contributed by atoms with Gasteiger partial charge in [-0.25, -0.2) is 0 Å². The third-order valence-corrected chi connectivity index (χ3v) is 6.55. The molecule has 0 bridgehead atoms. The van der Waals surface area contributed by atoms with Gasteiger partial charge in [0.15, 0.2) is 0 Å². The molecule has 0 aromatic carbocycles. The Morgan fingerprint density at radius 1 is 0.895 bits per heavy atom. The van der Waals surface area contributed by atoms with E-state index in [4.69, 9.17) is 0 Å². The summed E-state index contributed by atoms with van der Waals surface area (Å²) in [6.45, 7) is 22.0. The van der Waals surface area contributed by atoms with Crippen LogP contribution in [-0.2, 0) is 0 Å². The second kappa shape index (κ2) is 4.76. The Kier molecular flexibility index (Phi) is 4.26. The van der Waals surface area contributed by atoms with Gasteiger partial charge in [0.1, 0.15) is 0 Å². The highest BCUT2D eigenvalue weighted by atomic mass is 15.2. The molecule has 2 unspecified atom stereocenters. The molecule has 0 radical (unpaired) electrons. The molecule has 1 heterocycles. The molecule has 1 saturated heterocycles. The van der Waals surface area contributed by atoms with Crippen molar-refractivity contribution in [3.8, 4) is 0 Å². The van der Waals surface area contributed by atoms with Crippen molar-refractivity contribution in [1.29, 1.82) is 0 Å². The molecule has 1 rings (SSSR count). The van der Waals surface area contributed by atoms with Crippen LogP contribution in [0.2, 0.25) is 0 Å². The Bertz CT molecular complexity index is 325. The molecule has 19 heavy (non-hydrogen) atoms. The fraction of sp³-hybridized carbons (Fsp3) is 1.00. The van der Waals surface area contributed by atoms with Crippen molar-refractivity contribution >= 4 is 0 Å². The van der Waals surface area contributed by atoms with Crippen molar-refractivity contribution in [2.24, 2.45) is 16.7 Å². The summed E-state index contributed by atoms with van der Waals surface area (Å²) in [5, 5.41) is 0. The van der Waals surface area contributed by atoms with Gasteiger partial charge in [-0.1, -0.05) is 41.5 Å². The molecular weight excluding hydrogens is 230 g/mol. The highest BCUT2D eigenvalue weighted by Gasteiger charge is 2.50. The lowest BCUT2D eigenvalue weighted by Crippen LogP contribution is -2.60. The zero-order valence-corrected chi connectivity index (χ0v) is 15.1. The summed E-state index contributed by atoms with van der Waals surface area (Å²) in [4.78, 5) is 2.66. The molecule has 1 fully saturated rings. The third kappa shape index (κ3) is 3.01. The Labute approximate surface area is 122 Å². The highest BCUT2D eigenvalue weighted by molar-refractivity contribution is 5.03. The van der Waals surface area contributed by atoms with Gasteiger partial charge in [-0.05, 0) is 63.8 Å². The largest absolute Gasteiger partial charge is 0.296 e. The number of nitrogens with zero attached hydrogens (tertiary/aromatic N) is 1. The van der Waals surface area contributed by atoms with Crippen LogP contribution in [-0.4, -0.2) is 23.0 Å². The summed E-state index contributed by atoms with van der Waals surface area (Å²) in [7, 11) is 2.34. The van der Waals surface area contributed by atoms with Crippen molar-refractivity contribution in [3.05, 3.63) is 0 Å². The van der Waals surface area contributed by atoms with Crippen LogP contribution in [0.5, 0.6) is 0 Å². The predicted molar refractivity (Wildman–Crippen MR) is 86.5 cm³/mol. The highest BCUT2D eigenvalue weighted by Crippen LogP contribution is 2.53. The van der Waals surface area contributed by atoms with E-state index < -0.39 is 0 Å². The molecule has 1 aliphatic rings. The van der Waals surface area contributed by atoms with E-state index in [2.05, 4.69) is 74.3 Å². The topological polar surface area (TPSA) is 3.24 Å². The van der Waals surface area contributed by atoms with Crippen LogP contribution in [0.4, 0.5) is 0 Å². The van der Waals surface area contributed by atoms with Gasteiger partial charge in [-0.15, -0.1) is 0 Å². The summed E-state index contributed by atoms with van der Waals surface area (Å²) >= 11 is 0. The molecule has 2 atom stereocenters. The number of hydrogen-bond acceptors (Lipinski definition) is 1. The Balaban J connectivity index is 3.30. The first-order chi connectivity index (χ1) is 8.28. The standard InChI is InChI=1S/C18H37N/c1-11-18(9)13-16(5,6)14(2)15(3,4)12-17(7,8)19(18)10/h14H,11-13H2,1-10H3. The second-order valence-electron chi connectivity index (χ2n) is 9.27. The zero-order valence-electron chi connectivity index (χ0n) is 15.1. The molecule has 1 nitrogen and oxygen atoms in total. The molecule has 0 spiro atoms. The van der Waals surface area contributed by atoms with E-state index >= 15 is 0 Å². The van der Waals surface area contributed by atoms with Crippen molar-refractivity contribution in [2.75, 3.05) is 7.05 Å². The summed E-state index contributed by atoms with van der Waals surface area (Å²) < 4.78 is 0. The van der Waals surface area contributed by atoms with E-state index in [0.29, 0.717) is 16.4 Å². The lowest BCUT2D eigenvalue weighted by molar-refractivity contribution is -0.0844. The van der Waals surface area contributed by atoms with E-state index in [-0.39, 0.29) is 5.54 Å². The Hall–Kier alpha value is -0.0400. The lowest BCUT2D eigenvalue weighted by Gasteiger charge is -2.59. The molecular formula is C18H37N. The average molecular weight is 268 g/mol. The molecule has 1 heteroatoms. The maximum atomic E-state index is 2.66. The van der Waals surface area contributed by atoms with Crippen LogP contribution in [0, 0.1) is 16.7 Å². The van der Waals surface area contributed by atoms with Crippen molar-refractivity contribution in [2.45, 2.75) is 92.7 Å². The number of rotatable bonds is 1. The molecule has 0 N–H and O–H groups in total. The minimum absolute atomic E-state index is 0.263. The SMILES string of the molecule is CCC1(C)CC(C)(C)C(C)C(C)(C)CC(C)(C)N1C. The number of likely N-dealkylation sites (tertiary alicyclic amines) is 1. The van der Waals surface area contributed by atoms with Crippen LogP contribution < -0.4 is 0 Å². The first-order valence-corrected chi connectivity index (χ1v) is 8.02. The van der Waals surface area contributed by atoms with Crippen LogP contribution in [0.25, 0.3) is 0 Å². The van der Waals surface area contributed by atoms with Crippen LogP contribution in [0.1, 0.15) is 81.6 Å². The van der Waals surface area contributed by atoms with Crippen molar-refractivity contribution < 1.29 is 0 Å². The molecule has 0 aliphatic carbocycles. The molecule has 0 aromatic rings. The lowest BCUT2D eigenvalue weighted by atomic mass is 9.56. The fourth-order valence-electron chi connectivity index (χ4n) is 4.79. The minimum atomic E-state index is 0.263. The maximum Gasteiger partial charge on any atom is 0.0186 e. The normalized spacial score (nSPS) is 38.5. The van der Waals surface area contributed by atoms with E-state index in [1.54, 1.807) is 0 Å². The summed E-state index contributed by atoms with van der Waals surface area (Å²) in [5.41, 5.74) is 1.34. The first-order valence-electron chi connectivity index (χ1n) is 8.02. The van der Waals surface area contributed by atoms with Crippen LogP contribution >= 0.6 is 0 Å². The van der Waals surface area contributed by atoms with Crippen molar-refractivity contribution in [3.63, 3.8) is 0 Å². The average Bonchev–Trinajstić information content (AvgIpc) is 2.23. The van der Waals surface area contributed by atoms with Crippen LogP contribution in [0.3, 0.4) is 0 Å². The summed E-state index contributed by atoms with van der Waals surface area (Å²) in [6.07, 6.45) is 3.77. The quantitative estimate of drug-likeness (QED) is 0.619. The van der Waals surface area contributed by atoms with Gasteiger partial charge in [-0.2, -0.15) is 0 Å². The molecule has 1 aliphatic heterocycles. The van der Waals surface area contributed by atoms with E-state index in [9.17, 15) is 0 Å². The van der Waals surface area contributed by atoms with Crippen molar-refractivity contribution in [1.82, 2.24) is 4.90 Å². The monoisotopic (exact) mass is 267 g/mol. The number of hydrogen-bond donors (Lipinski definition) is 0. The second-order valence-corrected chi connectivity index (χ2v) is 9.27. The van der Waals surface area contributed by atoms with Gasteiger partial charge in [0.2, 0.25) is 0 Å². The maximum absolute atomic E-state index is 2.66. The van der Waals surface area contributed by atoms with Gasteiger partial charge >= 0.3 is 0 Å². The molecule has 0 amide bonds. The fourth-order valence-corrected chi connectivity index (χ4v) is 4.79. The molecule has 0 saturated carbocycles. The predicted octanol–water partition coefficient (Wildman–Crippen LogP) is 5.35. The Morgan fingerprint density at radius 2 is 1.32 bits per heavy atom. The van der Waals surface area contributed by atoms with Gasteiger partial charge in [0, 0.05) is 11.1 Å². The molecule has 114 valence electrons. The van der Waals surface area contributed by atoms with Crippen LogP contribution in [0.15, 0.2) is 0 Å². The van der Waals surface area contributed by atoms with E-state index in [0.717, 1.165) is 5.92 Å². The van der Waals surface area contributed by atoms with E-state index in [1.807, 2.05) is 0 Å². The van der Waals surface area contributed by atoms with Gasteiger partial charge in [-0.3, -0.25) is 4.90 Å². The summed E-state index contributed by atoms with van der Waals surface area (Å²) in [5.74, 6) is 0.735. The van der Waals surface area contributed by atoms with Gasteiger partial charge in [0.25, 0.3) is 0 Å². The first kappa shape index (κ1) is 17.0. The van der Waals surface area contributed by atoms with Gasteiger partial charge in [0.05, 0.1) is 0 Å². The third-order valence-electron chi connectivity index (χ3n) is 6.55. The summed E-state index contributed by atoms with van der Waals surface area (Å²) in [6, 6.07) is 0. The zero-order chi connectivity index (χ0) is 15.3. The smallest absolute Gasteiger partial charge is 0.0186 e. The minimum Gasteiger partial charge on any atom is -0.296 e. The molecule has 0 aromatic heterocycles.